The topological polar surface area (TPSA) is 84.9 Å². The maximum atomic E-state index is 12.4. The Morgan fingerprint density at radius 1 is 1.46 bits per heavy atom. The number of carbonyl (C=O) groups excluding carboxylic acids is 2. The Hall–Kier alpha value is -2.57. The average molecular weight is 351 g/mol. The molecular formula is C18H19B2NO5. The summed E-state index contributed by atoms with van der Waals surface area (Å²) in [5.41, 5.74) is 2.39. The van der Waals surface area contributed by atoms with Crippen molar-refractivity contribution in [3.8, 4) is 0 Å². The lowest BCUT2D eigenvalue weighted by Gasteiger charge is -2.17. The van der Waals surface area contributed by atoms with Crippen molar-refractivity contribution in [2.75, 3.05) is 6.61 Å². The first-order chi connectivity index (χ1) is 12.4. The lowest BCUT2D eigenvalue weighted by atomic mass is 9.79. The van der Waals surface area contributed by atoms with Crippen LogP contribution >= 0.6 is 0 Å². The second kappa shape index (κ2) is 9.22. The summed E-state index contributed by atoms with van der Waals surface area (Å²) in [6.07, 6.45) is 3.49. The van der Waals surface area contributed by atoms with Gasteiger partial charge in [-0.05, 0) is 23.5 Å². The number of benzene rings is 1. The van der Waals surface area contributed by atoms with Gasteiger partial charge in [0.15, 0.2) is 0 Å². The molecule has 0 spiro atoms. The van der Waals surface area contributed by atoms with Crippen molar-refractivity contribution in [2.24, 2.45) is 0 Å². The smallest absolute Gasteiger partial charge is 0.491 e. The molecule has 1 fully saturated rings. The summed E-state index contributed by atoms with van der Waals surface area (Å²) in [6.45, 7) is 5.55. The molecule has 1 aromatic carbocycles. The minimum atomic E-state index is -1.02. The Labute approximate surface area is 154 Å². The van der Waals surface area contributed by atoms with Crippen LogP contribution in [0, 0.1) is 0 Å². The van der Waals surface area contributed by atoms with E-state index in [9.17, 15) is 14.6 Å². The molecule has 8 heteroatoms. The minimum Gasteiger partial charge on any atom is -0.542 e. The van der Waals surface area contributed by atoms with Crippen LogP contribution < -0.4 is 5.32 Å². The van der Waals surface area contributed by atoms with E-state index in [1.165, 1.54) is 0 Å². The number of rotatable bonds is 6. The molecule has 0 aliphatic carbocycles. The molecule has 1 aliphatic rings. The fourth-order valence-electron chi connectivity index (χ4n) is 2.37. The molecule has 6 nitrogen and oxygen atoms in total. The van der Waals surface area contributed by atoms with Crippen LogP contribution in [0.25, 0.3) is 0 Å². The van der Waals surface area contributed by atoms with Gasteiger partial charge in [-0.1, -0.05) is 49.1 Å². The van der Waals surface area contributed by atoms with Crippen molar-refractivity contribution in [3.63, 3.8) is 0 Å². The van der Waals surface area contributed by atoms with Crippen molar-refractivity contribution in [1.29, 1.82) is 0 Å². The number of hydrogen-bond donors (Lipinski definition) is 2. The summed E-state index contributed by atoms with van der Waals surface area (Å²) in [4.78, 5) is 24.2. The normalized spacial score (nSPS) is 17.3. The van der Waals surface area contributed by atoms with E-state index in [0.717, 1.165) is 5.56 Å². The number of nitrogens with one attached hydrogen (secondary N) is 1. The lowest BCUT2D eigenvalue weighted by Crippen LogP contribution is -2.43. The van der Waals surface area contributed by atoms with Gasteiger partial charge in [0.05, 0.1) is 6.61 Å². The number of amides is 1. The maximum Gasteiger partial charge on any atom is 0.491 e. The molecule has 0 saturated carbocycles. The molecule has 1 saturated heterocycles. The molecule has 1 atom stereocenters. The lowest BCUT2D eigenvalue weighted by molar-refractivity contribution is -0.138. The molecule has 1 amide bonds. The summed E-state index contributed by atoms with van der Waals surface area (Å²) in [5, 5.41) is 12.1. The maximum absolute atomic E-state index is 12.4. The molecule has 2 radical (unpaired) electrons. The van der Waals surface area contributed by atoms with E-state index in [-0.39, 0.29) is 13.0 Å². The van der Waals surface area contributed by atoms with Crippen LogP contribution in [-0.2, 0) is 25.3 Å². The van der Waals surface area contributed by atoms with Gasteiger partial charge in [-0.15, -0.1) is 0 Å². The summed E-state index contributed by atoms with van der Waals surface area (Å²) in [7, 11) is 3.96. The van der Waals surface area contributed by atoms with E-state index < -0.39 is 25.0 Å². The summed E-state index contributed by atoms with van der Waals surface area (Å²) >= 11 is 0. The van der Waals surface area contributed by atoms with E-state index in [1.807, 2.05) is 30.3 Å². The van der Waals surface area contributed by atoms with Gasteiger partial charge >= 0.3 is 21.1 Å². The third kappa shape index (κ3) is 5.21. The van der Waals surface area contributed by atoms with Crippen LogP contribution in [0.15, 0.2) is 65.7 Å². The minimum absolute atomic E-state index is 0.224. The highest BCUT2D eigenvalue weighted by Gasteiger charge is 2.28. The molecule has 2 rings (SSSR count). The highest BCUT2D eigenvalue weighted by atomic mass is 16.5. The van der Waals surface area contributed by atoms with E-state index in [2.05, 4.69) is 16.6 Å². The predicted octanol–water partition coefficient (Wildman–Crippen LogP) is 0.819. The monoisotopic (exact) mass is 351 g/mol. The zero-order chi connectivity index (χ0) is 19.1. The fourth-order valence-corrected chi connectivity index (χ4v) is 2.37. The summed E-state index contributed by atoms with van der Waals surface area (Å²) in [6, 6.07) is 8.31. The van der Waals surface area contributed by atoms with Gasteiger partial charge in [0.1, 0.15) is 6.04 Å². The van der Waals surface area contributed by atoms with Crippen molar-refractivity contribution < 1.29 is 23.9 Å². The molecule has 1 unspecified atom stereocenters. The predicted molar refractivity (Wildman–Crippen MR) is 98.8 cm³/mol. The van der Waals surface area contributed by atoms with Crippen LogP contribution in [0.2, 0.25) is 0 Å². The zero-order valence-electron chi connectivity index (χ0n) is 14.5. The molecule has 1 aromatic rings. The van der Waals surface area contributed by atoms with Crippen LogP contribution in [-0.4, -0.2) is 44.7 Å². The molecular weight excluding hydrogens is 332 g/mol. The second-order valence-corrected chi connectivity index (χ2v) is 5.88. The molecule has 2 N–H and O–H groups in total. The van der Waals surface area contributed by atoms with Gasteiger partial charge in [0, 0.05) is 12.0 Å². The van der Waals surface area contributed by atoms with E-state index >= 15 is 0 Å². The second-order valence-electron chi connectivity index (χ2n) is 5.88. The van der Waals surface area contributed by atoms with Gasteiger partial charge in [-0.25, -0.2) is 0 Å². The van der Waals surface area contributed by atoms with Gasteiger partial charge < -0.3 is 19.6 Å². The van der Waals surface area contributed by atoms with E-state index in [1.54, 1.807) is 19.1 Å². The molecule has 26 heavy (non-hydrogen) atoms. The van der Waals surface area contributed by atoms with Crippen LogP contribution in [0.1, 0.15) is 12.5 Å². The fraction of sp³-hybridized carbons (Fsp3) is 0.222. The van der Waals surface area contributed by atoms with Crippen LogP contribution in [0.3, 0.4) is 0 Å². The van der Waals surface area contributed by atoms with Crippen LogP contribution in [0.4, 0.5) is 0 Å². The van der Waals surface area contributed by atoms with Crippen molar-refractivity contribution in [3.05, 3.63) is 71.2 Å². The van der Waals surface area contributed by atoms with Crippen molar-refractivity contribution in [1.82, 2.24) is 5.32 Å². The highest BCUT2D eigenvalue weighted by molar-refractivity contribution is 6.54. The molecule has 0 bridgehead atoms. The first-order valence-corrected chi connectivity index (χ1v) is 8.04. The number of allylic oxidation sites excluding steroid dienone is 2. The largest absolute Gasteiger partial charge is 0.542 e. The van der Waals surface area contributed by atoms with Gasteiger partial charge in [0.2, 0.25) is 5.91 Å². The quantitative estimate of drug-likeness (QED) is 0.586. The first kappa shape index (κ1) is 19.8. The summed E-state index contributed by atoms with van der Waals surface area (Å²) in [5.74, 6) is -1.16. The Morgan fingerprint density at radius 2 is 2.15 bits per heavy atom. The Bertz CT molecular complexity index is 745. The summed E-state index contributed by atoms with van der Waals surface area (Å²) < 4.78 is 9.32. The van der Waals surface area contributed by atoms with Crippen molar-refractivity contribution >= 4 is 27.0 Å². The molecule has 132 valence electrons. The highest BCUT2D eigenvalue weighted by Crippen LogP contribution is 2.19. The van der Waals surface area contributed by atoms with E-state index in [4.69, 9.17) is 12.7 Å². The van der Waals surface area contributed by atoms with Gasteiger partial charge in [0.25, 0.3) is 0 Å². The van der Waals surface area contributed by atoms with E-state index in [0.29, 0.717) is 16.6 Å². The molecule has 1 aliphatic heterocycles. The van der Waals surface area contributed by atoms with Crippen molar-refractivity contribution in [2.45, 2.75) is 19.4 Å². The molecule has 0 aromatic heterocycles. The first-order valence-electron chi connectivity index (χ1n) is 8.04. The Kier molecular flexibility index (Phi) is 7.00. The number of carbonyl (C=O) groups is 2. The SMILES string of the molecule is [B]OC(=O)C(Cc1ccccc1)NC(=O)/C(C)=C/C=C1/COB(O)C1=C. The van der Waals surface area contributed by atoms with Crippen LogP contribution in [0.5, 0.6) is 0 Å². The third-order valence-electron chi connectivity index (χ3n) is 3.99. The average Bonchev–Trinajstić information content (AvgIpc) is 2.97. The third-order valence-corrected chi connectivity index (χ3v) is 3.99. The van der Waals surface area contributed by atoms with Gasteiger partial charge in [-0.2, -0.15) is 0 Å². The number of hydrogen-bond acceptors (Lipinski definition) is 5. The standard InChI is InChI=1S/C18H19B2NO5/c1-12(8-9-15-11-25-20(24)13(15)2)17(22)21-16(18(23)26-19)10-14-6-4-3-5-7-14/h3-9,16,24H,2,10-11H2,1H3,(H,21,22)/b12-8+,15-9-. The van der Waals surface area contributed by atoms with Gasteiger partial charge in [-0.3, -0.25) is 9.59 Å². The molecule has 1 heterocycles. The Morgan fingerprint density at radius 3 is 2.73 bits per heavy atom. The zero-order valence-corrected chi connectivity index (χ0v) is 14.5. The Balaban J connectivity index is 2.06.